The summed E-state index contributed by atoms with van der Waals surface area (Å²) in [6.07, 6.45) is 8.81. The van der Waals surface area contributed by atoms with Crippen LogP contribution in [0.3, 0.4) is 0 Å². The van der Waals surface area contributed by atoms with Gasteiger partial charge in [0.1, 0.15) is 11.5 Å². The maximum absolute atomic E-state index is 5.43. The molecule has 0 aliphatic heterocycles. The molecule has 0 amide bonds. The van der Waals surface area contributed by atoms with E-state index in [0.29, 0.717) is 0 Å². The van der Waals surface area contributed by atoms with Gasteiger partial charge in [-0.1, -0.05) is 11.6 Å². The second-order valence-corrected chi connectivity index (χ2v) is 4.75. The Morgan fingerprint density at radius 1 is 1.20 bits per heavy atom. The molecule has 15 heavy (non-hydrogen) atoms. The molecule has 1 saturated carbocycles. The third-order valence-electron chi connectivity index (χ3n) is 3.42. The zero-order valence-electron chi connectivity index (χ0n) is 9.09. The number of rotatable bonds is 3. The molecule has 0 unspecified atom stereocenters. The van der Waals surface area contributed by atoms with E-state index in [1.807, 2.05) is 0 Å². The van der Waals surface area contributed by atoms with Crippen molar-refractivity contribution < 1.29 is 4.52 Å². The van der Waals surface area contributed by atoms with Gasteiger partial charge in [-0.2, -0.15) is 0 Å². The highest BCUT2D eigenvalue weighted by Gasteiger charge is 2.23. The molecule has 1 aromatic rings. The van der Waals surface area contributed by atoms with E-state index in [0.717, 1.165) is 24.8 Å². The van der Waals surface area contributed by atoms with Crippen molar-refractivity contribution in [3.8, 4) is 0 Å². The summed E-state index contributed by atoms with van der Waals surface area (Å²) in [7, 11) is 0. The fourth-order valence-corrected chi connectivity index (χ4v) is 2.29. The van der Waals surface area contributed by atoms with Crippen LogP contribution in [0.4, 0.5) is 0 Å². The van der Waals surface area contributed by atoms with Crippen molar-refractivity contribution in [3.63, 3.8) is 0 Å². The SMILES string of the molecule is C1CCc2onc(CNC3CC3)c2CC1. The molecule has 0 aromatic carbocycles. The predicted octanol–water partition coefficient (Wildman–Crippen LogP) is 2.20. The van der Waals surface area contributed by atoms with Gasteiger partial charge in [-0.3, -0.25) is 0 Å². The normalized spacial score (nSPS) is 21.1. The Balaban J connectivity index is 1.72. The number of nitrogens with one attached hydrogen (secondary N) is 1. The summed E-state index contributed by atoms with van der Waals surface area (Å²) in [6.45, 7) is 0.906. The summed E-state index contributed by atoms with van der Waals surface area (Å²) >= 11 is 0. The van der Waals surface area contributed by atoms with Crippen LogP contribution >= 0.6 is 0 Å². The second kappa shape index (κ2) is 3.97. The van der Waals surface area contributed by atoms with Gasteiger partial charge in [-0.25, -0.2) is 0 Å². The summed E-state index contributed by atoms with van der Waals surface area (Å²) in [4.78, 5) is 0. The average molecular weight is 206 g/mol. The van der Waals surface area contributed by atoms with E-state index in [-0.39, 0.29) is 0 Å². The Bertz CT molecular complexity index is 341. The lowest BCUT2D eigenvalue weighted by Gasteiger charge is -2.01. The molecule has 3 nitrogen and oxygen atoms in total. The van der Waals surface area contributed by atoms with Crippen LogP contribution in [-0.2, 0) is 19.4 Å². The van der Waals surface area contributed by atoms with Gasteiger partial charge < -0.3 is 9.84 Å². The number of hydrogen-bond donors (Lipinski definition) is 1. The van der Waals surface area contributed by atoms with Gasteiger partial charge in [0.15, 0.2) is 0 Å². The Morgan fingerprint density at radius 2 is 2.07 bits per heavy atom. The molecule has 3 heteroatoms. The molecular weight excluding hydrogens is 188 g/mol. The highest BCUT2D eigenvalue weighted by atomic mass is 16.5. The average Bonchev–Trinajstić information content (AvgIpc) is 3.03. The monoisotopic (exact) mass is 206 g/mol. The molecule has 2 aliphatic rings. The Labute approximate surface area is 90.2 Å². The van der Waals surface area contributed by atoms with Gasteiger partial charge in [-0.15, -0.1) is 0 Å². The Kier molecular flexibility index (Phi) is 2.49. The van der Waals surface area contributed by atoms with Gasteiger partial charge in [0, 0.05) is 24.6 Å². The number of fused-ring (bicyclic) bond motifs is 1. The zero-order chi connectivity index (χ0) is 10.1. The number of nitrogens with zero attached hydrogens (tertiary/aromatic N) is 1. The van der Waals surface area contributed by atoms with Crippen molar-refractivity contribution in [2.24, 2.45) is 0 Å². The minimum absolute atomic E-state index is 0.753. The van der Waals surface area contributed by atoms with Gasteiger partial charge in [0.25, 0.3) is 0 Å². The van der Waals surface area contributed by atoms with Crippen molar-refractivity contribution in [3.05, 3.63) is 17.0 Å². The lowest BCUT2D eigenvalue weighted by Crippen LogP contribution is -2.16. The van der Waals surface area contributed by atoms with E-state index in [4.69, 9.17) is 4.52 Å². The molecule has 0 saturated heterocycles. The zero-order valence-corrected chi connectivity index (χ0v) is 9.09. The van der Waals surface area contributed by atoms with E-state index in [2.05, 4.69) is 10.5 Å². The third-order valence-corrected chi connectivity index (χ3v) is 3.42. The maximum atomic E-state index is 5.43. The first-order valence-electron chi connectivity index (χ1n) is 6.13. The standard InChI is InChI=1S/C12H18N2O/c1-2-4-10-11(8-13-9-6-7-9)14-15-12(10)5-3-1/h9,13H,1-8H2. The summed E-state index contributed by atoms with van der Waals surface area (Å²) in [5, 5.41) is 7.71. The third kappa shape index (κ3) is 2.07. The molecule has 0 spiro atoms. The second-order valence-electron chi connectivity index (χ2n) is 4.75. The topological polar surface area (TPSA) is 38.1 Å². The van der Waals surface area contributed by atoms with Gasteiger partial charge in [0.05, 0.1) is 0 Å². The molecule has 0 bridgehead atoms. The van der Waals surface area contributed by atoms with E-state index >= 15 is 0 Å². The van der Waals surface area contributed by atoms with Crippen LogP contribution in [0.1, 0.15) is 49.1 Å². The van der Waals surface area contributed by atoms with Crippen LogP contribution in [0.2, 0.25) is 0 Å². The van der Waals surface area contributed by atoms with Gasteiger partial charge in [0.2, 0.25) is 0 Å². The lowest BCUT2D eigenvalue weighted by atomic mass is 10.1. The summed E-state index contributed by atoms with van der Waals surface area (Å²) < 4.78 is 5.43. The van der Waals surface area contributed by atoms with Crippen molar-refractivity contribution >= 4 is 0 Å². The van der Waals surface area contributed by atoms with E-state index in [1.54, 1.807) is 0 Å². The van der Waals surface area contributed by atoms with Gasteiger partial charge >= 0.3 is 0 Å². The quantitative estimate of drug-likeness (QED) is 0.770. The van der Waals surface area contributed by atoms with Crippen LogP contribution in [0, 0.1) is 0 Å². The molecule has 82 valence electrons. The van der Waals surface area contributed by atoms with Crippen LogP contribution < -0.4 is 5.32 Å². The van der Waals surface area contributed by atoms with Crippen LogP contribution in [-0.4, -0.2) is 11.2 Å². The summed E-state index contributed by atoms with van der Waals surface area (Å²) in [6, 6.07) is 0.753. The molecule has 1 heterocycles. The maximum Gasteiger partial charge on any atom is 0.140 e. The van der Waals surface area contributed by atoms with Crippen LogP contribution in [0.5, 0.6) is 0 Å². The molecule has 2 aliphatic carbocycles. The van der Waals surface area contributed by atoms with Crippen molar-refractivity contribution in [2.45, 2.75) is 57.5 Å². The molecule has 0 atom stereocenters. The van der Waals surface area contributed by atoms with E-state index in [9.17, 15) is 0 Å². The minimum Gasteiger partial charge on any atom is -0.361 e. The smallest absolute Gasteiger partial charge is 0.140 e. The highest BCUT2D eigenvalue weighted by Crippen LogP contribution is 2.25. The number of hydrogen-bond acceptors (Lipinski definition) is 3. The highest BCUT2D eigenvalue weighted by molar-refractivity contribution is 5.24. The Morgan fingerprint density at radius 3 is 2.93 bits per heavy atom. The summed E-state index contributed by atoms with van der Waals surface area (Å²) in [5.74, 6) is 1.15. The predicted molar refractivity (Wildman–Crippen MR) is 57.6 cm³/mol. The molecule has 3 rings (SSSR count). The molecule has 0 radical (unpaired) electrons. The molecule has 1 aromatic heterocycles. The Hall–Kier alpha value is -0.830. The number of aromatic nitrogens is 1. The molecule has 1 N–H and O–H groups in total. The number of aryl methyl sites for hydroxylation is 1. The fourth-order valence-electron chi connectivity index (χ4n) is 2.29. The van der Waals surface area contributed by atoms with Crippen molar-refractivity contribution in [1.29, 1.82) is 0 Å². The van der Waals surface area contributed by atoms with Crippen molar-refractivity contribution in [2.75, 3.05) is 0 Å². The first kappa shape index (κ1) is 9.40. The largest absolute Gasteiger partial charge is 0.361 e. The van der Waals surface area contributed by atoms with Gasteiger partial charge in [-0.05, 0) is 32.1 Å². The fraction of sp³-hybridized carbons (Fsp3) is 0.750. The van der Waals surface area contributed by atoms with Crippen LogP contribution in [0.15, 0.2) is 4.52 Å². The van der Waals surface area contributed by atoms with E-state index in [1.165, 1.54) is 49.8 Å². The summed E-state index contributed by atoms with van der Waals surface area (Å²) in [5.41, 5.74) is 2.57. The lowest BCUT2D eigenvalue weighted by molar-refractivity contribution is 0.372. The first-order valence-corrected chi connectivity index (χ1v) is 6.13. The van der Waals surface area contributed by atoms with E-state index < -0.39 is 0 Å². The van der Waals surface area contributed by atoms with Crippen LogP contribution in [0.25, 0.3) is 0 Å². The van der Waals surface area contributed by atoms with Crippen molar-refractivity contribution in [1.82, 2.24) is 10.5 Å². The minimum atomic E-state index is 0.753. The molecule has 1 fully saturated rings. The molecular formula is C12H18N2O. The first-order chi connectivity index (χ1) is 7.43.